The number of carbonyl (C=O) groups excluding carboxylic acids is 1. The van der Waals surface area contributed by atoms with Crippen molar-refractivity contribution in [2.45, 2.75) is 19.4 Å². The molecule has 0 fully saturated rings. The Kier molecular flexibility index (Phi) is 4.39. The Balaban J connectivity index is 1.98. The van der Waals surface area contributed by atoms with Crippen LogP contribution in [0.2, 0.25) is 0 Å². The lowest BCUT2D eigenvalue weighted by Crippen LogP contribution is -2.40. The minimum absolute atomic E-state index is 0.140. The van der Waals surface area contributed by atoms with E-state index < -0.39 is 6.09 Å². The fourth-order valence-corrected chi connectivity index (χ4v) is 2.92. The number of hydrogen-bond donors (Lipinski definition) is 0. The molecule has 1 atom stereocenters. The number of rotatable bonds is 3. The highest BCUT2D eigenvalue weighted by atomic mass is 17.2. The van der Waals surface area contributed by atoms with E-state index in [9.17, 15) is 4.79 Å². The maximum Gasteiger partial charge on any atom is 0.442 e. The summed E-state index contributed by atoms with van der Waals surface area (Å²) in [6.07, 6.45) is 0.381. The number of nitrogens with zero attached hydrogens (tertiary/aromatic N) is 1. The molecule has 0 saturated heterocycles. The minimum atomic E-state index is -0.440. The summed E-state index contributed by atoms with van der Waals surface area (Å²) in [5, 5.41) is 0. The van der Waals surface area contributed by atoms with Gasteiger partial charge >= 0.3 is 6.09 Å². The Morgan fingerprint density at radius 3 is 2.64 bits per heavy atom. The molecule has 1 aliphatic heterocycles. The zero-order valence-electron chi connectivity index (χ0n) is 12.6. The predicted molar refractivity (Wildman–Crippen MR) is 83.2 cm³/mol. The second-order valence-corrected chi connectivity index (χ2v) is 5.21. The highest BCUT2D eigenvalue weighted by Gasteiger charge is 2.33. The molecule has 114 valence electrons. The van der Waals surface area contributed by atoms with Gasteiger partial charge in [0.2, 0.25) is 0 Å². The summed E-state index contributed by atoms with van der Waals surface area (Å²) in [5.41, 5.74) is 3.49. The van der Waals surface area contributed by atoms with Gasteiger partial charge in [-0.05, 0) is 30.0 Å². The first-order chi connectivity index (χ1) is 10.8. The lowest BCUT2D eigenvalue weighted by molar-refractivity contribution is -0.243. The van der Waals surface area contributed by atoms with E-state index in [1.807, 2.05) is 42.5 Å². The first-order valence-electron chi connectivity index (χ1n) is 7.54. The van der Waals surface area contributed by atoms with Gasteiger partial charge in [0.1, 0.15) is 0 Å². The third-order valence-electron chi connectivity index (χ3n) is 3.88. The van der Waals surface area contributed by atoms with Crippen molar-refractivity contribution in [3.05, 3.63) is 71.3 Å². The van der Waals surface area contributed by atoms with Crippen LogP contribution in [-0.4, -0.2) is 24.1 Å². The molecule has 0 radical (unpaired) electrons. The lowest BCUT2D eigenvalue weighted by Gasteiger charge is -2.36. The van der Waals surface area contributed by atoms with Crippen LogP contribution < -0.4 is 0 Å². The molecule has 2 aromatic rings. The molecule has 0 N–H and O–H groups in total. The Labute approximate surface area is 130 Å². The van der Waals surface area contributed by atoms with Crippen LogP contribution in [0.1, 0.15) is 29.7 Å². The van der Waals surface area contributed by atoms with Crippen molar-refractivity contribution in [3.8, 4) is 0 Å². The first kappa shape index (κ1) is 14.6. The maximum absolute atomic E-state index is 12.3. The number of amides is 1. The highest BCUT2D eigenvalue weighted by Crippen LogP contribution is 2.35. The van der Waals surface area contributed by atoms with Gasteiger partial charge in [-0.25, -0.2) is 4.79 Å². The topological polar surface area (TPSA) is 38.8 Å². The van der Waals surface area contributed by atoms with Gasteiger partial charge in [-0.2, -0.15) is 4.89 Å². The lowest BCUT2D eigenvalue weighted by atomic mass is 9.88. The van der Waals surface area contributed by atoms with E-state index in [-0.39, 0.29) is 6.04 Å². The molecule has 0 unspecified atom stereocenters. The zero-order valence-corrected chi connectivity index (χ0v) is 12.6. The fourth-order valence-electron chi connectivity index (χ4n) is 2.92. The average molecular weight is 297 g/mol. The third kappa shape index (κ3) is 2.83. The van der Waals surface area contributed by atoms with E-state index in [4.69, 9.17) is 9.78 Å². The minimum Gasteiger partial charge on any atom is -0.294 e. The molecule has 1 heterocycles. The fraction of sp³-hybridized carbons (Fsp3) is 0.278. The van der Waals surface area contributed by atoms with Gasteiger partial charge in [0.25, 0.3) is 0 Å². The van der Waals surface area contributed by atoms with Crippen molar-refractivity contribution in [2.75, 3.05) is 13.2 Å². The Bertz CT molecular complexity index is 642. The number of carbonyl (C=O) groups is 1. The molecule has 0 saturated carbocycles. The molecule has 0 spiro atoms. The second kappa shape index (κ2) is 6.62. The summed E-state index contributed by atoms with van der Waals surface area (Å²) in [6.45, 7) is 2.74. The van der Waals surface area contributed by atoms with Crippen molar-refractivity contribution < 1.29 is 14.6 Å². The van der Waals surface area contributed by atoms with Crippen LogP contribution >= 0.6 is 0 Å². The van der Waals surface area contributed by atoms with Gasteiger partial charge < -0.3 is 0 Å². The SMILES string of the molecule is CCOOC(=O)N1CCc2ccccc2[C@H]1c1ccccc1. The van der Waals surface area contributed by atoms with Gasteiger partial charge in [-0.3, -0.25) is 9.79 Å². The molecule has 1 amide bonds. The molecular formula is C18H19NO3. The van der Waals surface area contributed by atoms with Gasteiger partial charge in [0.05, 0.1) is 12.6 Å². The third-order valence-corrected chi connectivity index (χ3v) is 3.88. The number of fused-ring (bicyclic) bond motifs is 1. The highest BCUT2D eigenvalue weighted by molar-refractivity contribution is 5.69. The standard InChI is InChI=1S/C18H19NO3/c1-2-21-22-18(20)19-13-12-14-8-6-7-11-16(14)17(19)15-9-4-3-5-10-15/h3-11,17H,2,12-13H2,1H3/t17-/m1/s1. The van der Waals surface area contributed by atoms with Crippen molar-refractivity contribution in [3.63, 3.8) is 0 Å². The molecule has 4 nitrogen and oxygen atoms in total. The van der Waals surface area contributed by atoms with Crippen LogP contribution in [0.25, 0.3) is 0 Å². The van der Waals surface area contributed by atoms with E-state index >= 15 is 0 Å². The molecular weight excluding hydrogens is 278 g/mol. The maximum atomic E-state index is 12.3. The van der Waals surface area contributed by atoms with Crippen LogP contribution in [0, 0.1) is 0 Å². The van der Waals surface area contributed by atoms with Crippen LogP contribution in [0.5, 0.6) is 0 Å². The molecule has 1 aliphatic rings. The Hall–Kier alpha value is -2.33. The molecule has 22 heavy (non-hydrogen) atoms. The largest absolute Gasteiger partial charge is 0.442 e. The monoisotopic (exact) mass is 297 g/mol. The quantitative estimate of drug-likeness (QED) is 0.640. The Morgan fingerprint density at radius 1 is 1.14 bits per heavy atom. The van der Waals surface area contributed by atoms with Crippen molar-refractivity contribution >= 4 is 6.09 Å². The number of benzene rings is 2. The summed E-state index contributed by atoms with van der Waals surface area (Å²) < 4.78 is 0. The van der Waals surface area contributed by atoms with Crippen molar-refractivity contribution in [2.24, 2.45) is 0 Å². The summed E-state index contributed by atoms with van der Waals surface area (Å²) in [6, 6.07) is 18.1. The predicted octanol–water partition coefficient (Wildman–Crippen LogP) is 3.72. The molecule has 2 aromatic carbocycles. The van der Waals surface area contributed by atoms with Gasteiger partial charge in [0, 0.05) is 6.54 Å². The average Bonchev–Trinajstić information content (AvgIpc) is 2.59. The van der Waals surface area contributed by atoms with Crippen LogP contribution in [0.3, 0.4) is 0 Å². The molecule has 0 bridgehead atoms. The van der Waals surface area contributed by atoms with Gasteiger partial charge in [-0.15, -0.1) is 0 Å². The zero-order chi connectivity index (χ0) is 15.4. The molecule has 0 aromatic heterocycles. The summed E-state index contributed by atoms with van der Waals surface area (Å²) in [5.74, 6) is 0. The van der Waals surface area contributed by atoms with E-state index in [2.05, 4.69) is 12.1 Å². The van der Waals surface area contributed by atoms with Crippen molar-refractivity contribution in [1.82, 2.24) is 4.90 Å². The van der Waals surface area contributed by atoms with Gasteiger partial charge in [-0.1, -0.05) is 54.6 Å². The second-order valence-electron chi connectivity index (χ2n) is 5.21. The number of hydrogen-bond acceptors (Lipinski definition) is 3. The molecule has 4 heteroatoms. The molecule has 0 aliphatic carbocycles. The summed E-state index contributed by atoms with van der Waals surface area (Å²) in [4.78, 5) is 23.8. The van der Waals surface area contributed by atoms with Crippen LogP contribution in [0.4, 0.5) is 4.79 Å². The van der Waals surface area contributed by atoms with E-state index in [0.29, 0.717) is 13.2 Å². The smallest absolute Gasteiger partial charge is 0.294 e. The van der Waals surface area contributed by atoms with Crippen LogP contribution in [0.15, 0.2) is 54.6 Å². The van der Waals surface area contributed by atoms with Gasteiger partial charge in [0.15, 0.2) is 0 Å². The summed E-state index contributed by atoms with van der Waals surface area (Å²) in [7, 11) is 0. The molecule has 3 rings (SSSR count). The van der Waals surface area contributed by atoms with E-state index in [1.54, 1.807) is 11.8 Å². The van der Waals surface area contributed by atoms with Crippen molar-refractivity contribution in [1.29, 1.82) is 0 Å². The first-order valence-corrected chi connectivity index (χ1v) is 7.54. The van der Waals surface area contributed by atoms with E-state index in [0.717, 1.165) is 17.5 Å². The Morgan fingerprint density at radius 2 is 1.86 bits per heavy atom. The van der Waals surface area contributed by atoms with Crippen LogP contribution in [-0.2, 0) is 16.2 Å². The van der Waals surface area contributed by atoms with E-state index in [1.165, 1.54) is 5.56 Å². The normalized spacial score (nSPS) is 17.0. The summed E-state index contributed by atoms with van der Waals surface area (Å²) >= 11 is 0.